The van der Waals surface area contributed by atoms with Gasteiger partial charge < -0.3 is 25.3 Å². The van der Waals surface area contributed by atoms with E-state index in [1.54, 1.807) is 26.5 Å². The minimum absolute atomic E-state index is 0.0979. The highest BCUT2D eigenvalue weighted by Crippen LogP contribution is 2.29. The summed E-state index contributed by atoms with van der Waals surface area (Å²) in [5.74, 6) is 1.65. The number of nitrogens with zero attached hydrogens (tertiary/aromatic N) is 1. The fourth-order valence-corrected chi connectivity index (χ4v) is 2.02. The third kappa shape index (κ3) is 4.30. The van der Waals surface area contributed by atoms with Crippen molar-refractivity contribution in [2.75, 3.05) is 26.1 Å². The SMILES string of the molecule is COc1ccc(NC(N)=NCC2CCC=CO2)cc1OC. The number of aliphatic imine (C=N–C) groups is 1. The van der Waals surface area contributed by atoms with Gasteiger partial charge in [-0.1, -0.05) is 0 Å². The molecule has 1 aliphatic heterocycles. The molecular weight excluding hydrogens is 270 g/mol. The first-order chi connectivity index (χ1) is 10.2. The Morgan fingerprint density at radius 2 is 2.19 bits per heavy atom. The van der Waals surface area contributed by atoms with Crippen LogP contribution in [0.3, 0.4) is 0 Å². The number of nitrogens with two attached hydrogens (primary N) is 1. The molecular formula is C15H21N3O3. The zero-order valence-corrected chi connectivity index (χ0v) is 12.3. The number of guanidine groups is 1. The number of anilines is 1. The summed E-state index contributed by atoms with van der Waals surface area (Å²) in [5, 5.41) is 3.03. The van der Waals surface area contributed by atoms with Gasteiger partial charge >= 0.3 is 0 Å². The number of benzene rings is 1. The molecule has 6 heteroatoms. The largest absolute Gasteiger partial charge is 0.496 e. The van der Waals surface area contributed by atoms with Crippen molar-refractivity contribution in [1.82, 2.24) is 0 Å². The zero-order valence-electron chi connectivity index (χ0n) is 12.3. The van der Waals surface area contributed by atoms with Gasteiger partial charge in [-0.2, -0.15) is 0 Å². The first-order valence-electron chi connectivity index (χ1n) is 6.82. The summed E-state index contributed by atoms with van der Waals surface area (Å²) >= 11 is 0. The molecule has 1 heterocycles. The third-order valence-electron chi connectivity index (χ3n) is 3.14. The molecule has 1 aromatic rings. The quantitative estimate of drug-likeness (QED) is 0.642. The van der Waals surface area contributed by atoms with E-state index in [2.05, 4.69) is 10.3 Å². The Morgan fingerprint density at radius 3 is 2.86 bits per heavy atom. The fourth-order valence-electron chi connectivity index (χ4n) is 2.02. The van der Waals surface area contributed by atoms with E-state index in [1.807, 2.05) is 18.2 Å². The number of methoxy groups -OCH3 is 2. The second kappa shape index (κ2) is 7.42. The number of hydrogen-bond donors (Lipinski definition) is 2. The molecule has 0 spiro atoms. The Hall–Kier alpha value is -2.37. The summed E-state index contributed by atoms with van der Waals surface area (Å²) in [6, 6.07) is 5.47. The van der Waals surface area contributed by atoms with Crippen LogP contribution in [0.1, 0.15) is 12.8 Å². The van der Waals surface area contributed by atoms with Crippen molar-refractivity contribution in [3.8, 4) is 11.5 Å². The lowest BCUT2D eigenvalue weighted by Gasteiger charge is -2.17. The topological polar surface area (TPSA) is 78.1 Å². The van der Waals surface area contributed by atoms with Gasteiger partial charge in [0.05, 0.1) is 27.0 Å². The second-order valence-corrected chi connectivity index (χ2v) is 4.63. The van der Waals surface area contributed by atoms with Gasteiger partial charge in [0.2, 0.25) is 0 Å². The summed E-state index contributed by atoms with van der Waals surface area (Å²) in [4.78, 5) is 4.29. The van der Waals surface area contributed by atoms with Gasteiger partial charge in [-0.25, -0.2) is 4.99 Å². The van der Waals surface area contributed by atoms with Gasteiger partial charge in [0.25, 0.3) is 0 Å². The maximum atomic E-state index is 5.88. The van der Waals surface area contributed by atoms with Crippen molar-refractivity contribution in [2.45, 2.75) is 18.9 Å². The molecule has 21 heavy (non-hydrogen) atoms. The summed E-state index contributed by atoms with van der Waals surface area (Å²) < 4.78 is 15.9. The molecule has 0 bridgehead atoms. The Kier molecular flexibility index (Phi) is 5.31. The van der Waals surface area contributed by atoms with E-state index in [4.69, 9.17) is 19.9 Å². The molecule has 3 N–H and O–H groups in total. The highest BCUT2D eigenvalue weighted by Gasteiger charge is 2.10. The summed E-state index contributed by atoms with van der Waals surface area (Å²) in [7, 11) is 3.19. The average Bonchev–Trinajstić information content (AvgIpc) is 2.53. The molecule has 6 nitrogen and oxygen atoms in total. The normalized spacial score (nSPS) is 18.0. The number of rotatable bonds is 5. The van der Waals surface area contributed by atoms with Crippen LogP contribution in [0.15, 0.2) is 35.5 Å². The van der Waals surface area contributed by atoms with E-state index < -0.39 is 0 Å². The van der Waals surface area contributed by atoms with Crippen molar-refractivity contribution in [3.63, 3.8) is 0 Å². The van der Waals surface area contributed by atoms with Gasteiger partial charge in [-0.15, -0.1) is 0 Å². The standard InChI is InChI=1S/C15H21N3O3/c1-19-13-7-6-11(9-14(13)20-2)18-15(16)17-10-12-5-3-4-8-21-12/h4,6-9,12H,3,5,10H2,1-2H3,(H3,16,17,18). The van der Waals surface area contributed by atoms with Crippen LogP contribution >= 0.6 is 0 Å². The number of nitrogens with one attached hydrogen (secondary N) is 1. The molecule has 0 aliphatic carbocycles. The van der Waals surface area contributed by atoms with Crippen molar-refractivity contribution in [3.05, 3.63) is 30.5 Å². The molecule has 2 rings (SSSR count). The molecule has 0 amide bonds. The smallest absolute Gasteiger partial charge is 0.193 e. The van der Waals surface area contributed by atoms with Crippen molar-refractivity contribution in [1.29, 1.82) is 0 Å². The molecule has 0 radical (unpaired) electrons. The van der Waals surface area contributed by atoms with Crippen molar-refractivity contribution >= 4 is 11.6 Å². The van der Waals surface area contributed by atoms with E-state index >= 15 is 0 Å². The Balaban J connectivity index is 1.95. The second-order valence-electron chi connectivity index (χ2n) is 4.63. The van der Waals surface area contributed by atoms with Crippen molar-refractivity contribution < 1.29 is 14.2 Å². The number of allylic oxidation sites excluding steroid dienone is 1. The summed E-state index contributed by atoms with van der Waals surface area (Å²) in [6.45, 7) is 0.538. The van der Waals surface area contributed by atoms with Crippen LogP contribution in [-0.2, 0) is 4.74 Å². The monoisotopic (exact) mass is 291 g/mol. The van der Waals surface area contributed by atoms with Crippen LogP contribution in [0.5, 0.6) is 11.5 Å². The van der Waals surface area contributed by atoms with Gasteiger partial charge in [-0.05, 0) is 31.1 Å². The lowest BCUT2D eigenvalue weighted by Crippen LogP contribution is -2.25. The van der Waals surface area contributed by atoms with Crippen LogP contribution in [0.4, 0.5) is 5.69 Å². The minimum Gasteiger partial charge on any atom is -0.496 e. The molecule has 0 saturated heterocycles. The molecule has 1 atom stereocenters. The maximum absolute atomic E-state index is 5.88. The van der Waals surface area contributed by atoms with Crippen LogP contribution in [-0.4, -0.2) is 32.8 Å². The first kappa shape index (κ1) is 15.0. The Bertz CT molecular complexity index is 529. The first-order valence-corrected chi connectivity index (χ1v) is 6.82. The molecule has 1 unspecified atom stereocenters. The predicted octanol–water partition coefficient (Wildman–Crippen LogP) is 2.12. The van der Waals surface area contributed by atoms with Crippen LogP contribution in [0.25, 0.3) is 0 Å². The predicted molar refractivity (Wildman–Crippen MR) is 82.9 cm³/mol. The Morgan fingerprint density at radius 1 is 1.38 bits per heavy atom. The maximum Gasteiger partial charge on any atom is 0.193 e. The highest BCUT2D eigenvalue weighted by molar-refractivity contribution is 5.92. The van der Waals surface area contributed by atoms with E-state index in [1.165, 1.54) is 0 Å². The molecule has 0 fully saturated rings. The third-order valence-corrected chi connectivity index (χ3v) is 3.14. The lowest BCUT2D eigenvalue weighted by molar-refractivity contribution is 0.131. The van der Waals surface area contributed by atoms with E-state index in [0.717, 1.165) is 18.5 Å². The zero-order chi connectivity index (χ0) is 15.1. The van der Waals surface area contributed by atoms with E-state index in [9.17, 15) is 0 Å². The number of hydrogen-bond acceptors (Lipinski definition) is 4. The molecule has 0 aromatic heterocycles. The highest BCUT2D eigenvalue weighted by atomic mass is 16.5. The minimum atomic E-state index is 0.0979. The molecule has 0 saturated carbocycles. The number of ether oxygens (including phenoxy) is 3. The van der Waals surface area contributed by atoms with Crippen LogP contribution in [0.2, 0.25) is 0 Å². The summed E-state index contributed by atoms with van der Waals surface area (Å²) in [6.07, 6.45) is 5.81. The van der Waals surface area contributed by atoms with Crippen LogP contribution in [0, 0.1) is 0 Å². The average molecular weight is 291 g/mol. The van der Waals surface area contributed by atoms with Crippen molar-refractivity contribution in [2.24, 2.45) is 10.7 Å². The molecule has 1 aliphatic rings. The van der Waals surface area contributed by atoms with Gasteiger partial charge in [0, 0.05) is 11.8 Å². The van der Waals surface area contributed by atoms with Gasteiger partial charge in [-0.3, -0.25) is 0 Å². The molecule has 114 valence electrons. The lowest BCUT2D eigenvalue weighted by atomic mass is 10.2. The van der Waals surface area contributed by atoms with Gasteiger partial charge in [0.15, 0.2) is 17.5 Å². The Labute approximate surface area is 124 Å². The van der Waals surface area contributed by atoms with E-state index in [0.29, 0.717) is 24.0 Å². The van der Waals surface area contributed by atoms with Crippen LogP contribution < -0.4 is 20.5 Å². The summed E-state index contributed by atoms with van der Waals surface area (Å²) in [5.41, 5.74) is 6.67. The van der Waals surface area contributed by atoms with E-state index in [-0.39, 0.29) is 6.10 Å². The van der Waals surface area contributed by atoms with Gasteiger partial charge in [0.1, 0.15) is 6.10 Å². The fraction of sp³-hybridized carbons (Fsp3) is 0.400. The molecule has 1 aromatic carbocycles.